The second-order valence-electron chi connectivity index (χ2n) is 4.32. The van der Waals surface area contributed by atoms with Gasteiger partial charge in [0.2, 0.25) is 0 Å². The van der Waals surface area contributed by atoms with Crippen molar-refractivity contribution in [1.29, 1.82) is 0 Å². The fraction of sp³-hybridized carbons (Fsp3) is 0.333. The van der Waals surface area contributed by atoms with Gasteiger partial charge < -0.3 is 0 Å². The largest absolute Gasteiger partial charge is 0.293 e. The second kappa shape index (κ2) is 3.63. The van der Waals surface area contributed by atoms with Crippen LogP contribution in [0.3, 0.4) is 0 Å². The Morgan fingerprint density at radius 1 is 1.47 bits per heavy atom. The third-order valence-corrected chi connectivity index (χ3v) is 3.81. The fourth-order valence-electron chi connectivity index (χ4n) is 2.08. The van der Waals surface area contributed by atoms with Crippen LogP contribution in [-0.2, 0) is 0 Å². The summed E-state index contributed by atoms with van der Waals surface area (Å²) in [6, 6.07) is 3.08. The first-order valence-electron chi connectivity index (χ1n) is 5.46. The average molecular weight is 297 g/mol. The molecule has 0 saturated heterocycles. The minimum Gasteiger partial charge on any atom is -0.293 e. The molecule has 0 atom stereocenters. The Hall–Kier alpha value is -1.23. The smallest absolute Gasteiger partial charge is 0.261 e. The Labute approximate surface area is 105 Å². The van der Waals surface area contributed by atoms with E-state index in [9.17, 15) is 9.18 Å². The predicted molar refractivity (Wildman–Crippen MR) is 66.7 cm³/mol. The summed E-state index contributed by atoms with van der Waals surface area (Å²) in [5, 5.41) is 0.468. The molecule has 0 bridgehead atoms. The van der Waals surface area contributed by atoms with Crippen molar-refractivity contribution in [3.63, 3.8) is 0 Å². The van der Waals surface area contributed by atoms with Gasteiger partial charge in [-0.2, -0.15) is 0 Å². The molecule has 0 aliphatic heterocycles. The van der Waals surface area contributed by atoms with Gasteiger partial charge in [0.25, 0.3) is 5.56 Å². The van der Waals surface area contributed by atoms with Gasteiger partial charge in [0.05, 0.1) is 15.4 Å². The Bertz CT molecular complexity index is 676. The number of aromatic nitrogens is 2. The van der Waals surface area contributed by atoms with Gasteiger partial charge in [-0.3, -0.25) is 9.36 Å². The van der Waals surface area contributed by atoms with E-state index in [4.69, 9.17) is 0 Å². The minimum absolute atomic E-state index is 0.0734. The maximum atomic E-state index is 13.4. The van der Waals surface area contributed by atoms with Crippen LogP contribution in [0.1, 0.15) is 24.7 Å². The van der Waals surface area contributed by atoms with E-state index in [1.807, 2.05) is 0 Å². The molecule has 5 heteroatoms. The van der Waals surface area contributed by atoms with Gasteiger partial charge in [-0.1, -0.05) is 0 Å². The van der Waals surface area contributed by atoms with Crippen LogP contribution in [0.2, 0.25) is 0 Å². The Morgan fingerprint density at radius 3 is 2.82 bits per heavy atom. The summed E-state index contributed by atoms with van der Waals surface area (Å²) in [5.74, 6) is 0.254. The lowest BCUT2D eigenvalue weighted by Gasteiger charge is -2.10. The Kier molecular flexibility index (Phi) is 2.33. The summed E-state index contributed by atoms with van der Waals surface area (Å²) in [6.45, 7) is 1.79. The van der Waals surface area contributed by atoms with E-state index in [0.29, 0.717) is 16.7 Å². The van der Waals surface area contributed by atoms with Gasteiger partial charge >= 0.3 is 0 Å². The number of aryl methyl sites for hydroxylation is 1. The van der Waals surface area contributed by atoms with Crippen molar-refractivity contribution in [1.82, 2.24) is 9.55 Å². The summed E-state index contributed by atoms with van der Waals surface area (Å²) in [4.78, 5) is 16.6. The van der Waals surface area contributed by atoms with Crippen molar-refractivity contribution in [2.45, 2.75) is 25.8 Å². The van der Waals surface area contributed by atoms with E-state index < -0.39 is 5.82 Å². The normalized spacial score (nSPS) is 15.5. The zero-order chi connectivity index (χ0) is 12.2. The molecule has 1 aromatic carbocycles. The van der Waals surface area contributed by atoms with Gasteiger partial charge in [0.1, 0.15) is 11.6 Å². The average Bonchev–Trinajstić information content (AvgIpc) is 3.08. The van der Waals surface area contributed by atoms with Crippen molar-refractivity contribution in [3.8, 4) is 0 Å². The third-order valence-electron chi connectivity index (χ3n) is 3.05. The molecule has 0 spiro atoms. The van der Waals surface area contributed by atoms with Crippen LogP contribution >= 0.6 is 15.9 Å². The summed E-state index contributed by atoms with van der Waals surface area (Å²) in [6.07, 6.45) is 2.05. The topological polar surface area (TPSA) is 34.9 Å². The molecular formula is C12H10BrFN2O. The summed E-state index contributed by atoms with van der Waals surface area (Å²) in [5.41, 5.74) is 0.333. The lowest BCUT2D eigenvalue weighted by atomic mass is 10.2. The second-order valence-corrected chi connectivity index (χ2v) is 5.12. The molecule has 2 aromatic rings. The van der Waals surface area contributed by atoms with Gasteiger partial charge in [0, 0.05) is 6.04 Å². The molecule has 0 radical (unpaired) electrons. The number of halogens is 2. The zero-order valence-corrected chi connectivity index (χ0v) is 10.8. The van der Waals surface area contributed by atoms with Gasteiger partial charge in [-0.05, 0) is 47.8 Å². The maximum Gasteiger partial charge on any atom is 0.261 e. The summed E-state index contributed by atoms with van der Waals surface area (Å²) >= 11 is 3.14. The van der Waals surface area contributed by atoms with E-state index in [2.05, 4.69) is 20.9 Å². The maximum absolute atomic E-state index is 13.4. The molecule has 1 aromatic heterocycles. The molecule has 1 saturated carbocycles. The number of fused-ring (bicyclic) bond motifs is 1. The van der Waals surface area contributed by atoms with Crippen LogP contribution in [0.5, 0.6) is 0 Å². The molecule has 1 heterocycles. The number of rotatable bonds is 1. The highest BCUT2D eigenvalue weighted by molar-refractivity contribution is 9.10. The number of nitrogens with zero attached hydrogens (tertiary/aromatic N) is 2. The molecule has 17 heavy (non-hydrogen) atoms. The van der Waals surface area contributed by atoms with Crippen LogP contribution in [0, 0.1) is 12.7 Å². The highest BCUT2D eigenvalue weighted by Gasteiger charge is 2.27. The number of benzene rings is 1. The fourth-order valence-corrected chi connectivity index (χ4v) is 2.51. The van der Waals surface area contributed by atoms with Gasteiger partial charge in [0.15, 0.2) is 0 Å². The SMILES string of the molecule is Cc1nc2c(Br)c(F)ccc2c(=O)n1C1CC1. The summed E-state index contributed by atoms with van der Waals surface area (Å²) in [7, 11) is 0. The highest BCUT2D eigenvalue weighted by atomic mass is 79.9. The molecule has 1 aliphatic rings. The van der Waals surface area contributed by atoms with Gasteiger partial charge in [-0.25, -0.2) is 9.37 Å². The molecule has 3 rings (SSSR count). The van der Waals surface area contributed by atoms with Crippen LogP contribution in [0.25, 0.3) is 10.9 Å². The molecule has 0 N–H and O–H groups in total. The highest BCUT2D eigenvalue weighted by Crippen LogP contribution is 2.35. The first-order chi connectivity index (χ1) is 8.09. The number of hydrogen-bond donors (Lipinski definition) is 0. The third kappa shape index (κ3) is 1.60. The van der Waals surface area contributed by atoms with Crippen LogP contribution in [0.4, 0.5) is 4.39 Å². The Balaban J connectivity index is 2.43. The molecule has 88 valence electrons. The Morgan fingerprint density at radius 2 is 2.18 bits per heavy atom. The quantitative estimate of drug-likeness (QED) is 0.811. The van der Waals surface area contributed by atoms with Crippen molar-refractivity contribution in [2.24, 2.45) is 0 Å². The van der Waals surface area contributed by atoms with Crippen molar-refractivity contribution >= 4 is 26.8 Å². The van der Waals surface area contributed by atoms with E-state index in [1.54, 1.807) is 11.5 Å². The summed E-state index contributed by atoms with van der Waals surface area (Å²) < 4.78 is 15.4. The molecular weight excluding hydrogens is 287 g/mol. The molecule has 3 nitrogen and oxygen atoms in total. The first kappa shape index (κ1) is 10.9. The van der Waals surface area contributed by atoms with E-state index in [0.717, 1.165) is 12.8 Å². The van der Waals surface area contributed by atoms with E-state index in [-0.39, 0.29) is 16.1 Å². The lowest BCUT2D eigenvalue weighted by Crippen LogP contribution is -2.23. The van der Waals surface area contributed by atoms with Crippen LogP contribution in [-0.4, -0.2) is 9.55 Å². The van der Waals surface area contributed by atoms with Gasteiger partial charge in [-0.15, -0.1) is 0 Å². The van der Waals surface area contributed by atoms with E-state index in [1.165, 1.54) is 12.1 Å². The predicted octanol–water partition coefficient (Wildman–Crippen LogP) is 2.94. The number of hydrogen-bond acceptors (Lipinski definition) is 2. The van der Waals surface area contributed by atoms with Crippen LogP contribution < -0.4 is 5.56 Å². The monoisotopic (exact) mass is 296 g/mol. The zero-order valence-electron chi connectivity index (χ0n) is 9.20. The lowest BCUT2D eigenvalue weighted by molar-refractivity contribution is 0.621. The van der Waals surface area contributed by atoms with Crippen LogP contribution in [0.15, 0.2) is 21.4 Å². The first-order valence-corrected chi connectivity index (χ1v) is 6.25. The molecule has 1 fully saturated rings. The molecule has 1 aliphatic carbocycles. The standard InChI is InChI=1S/C12H10BrFN2O/c1-6-15-11-8(4-5-9(14)10(11)13)12(17)16(6)7-2-3-7/h4-5,7H,2-3H2,1H3. The molecule has 0 amide bonds. The van der Waals surface area contributed by atoms with E-state index >= 15 is 0 Å². The van der Waals surface area contributed by atoms with Crippen molar-refractivity contribution in [3.05, 3.63) is 38.6 Å². The van der Waals surface area contributed by atoms with Crippen molar-refractivity contribution in [2.75, 3.05) is 0 Å². The molecule has 0 unspecified atom stereocenters. The minimum atomic E-state index is -0.395. The van der Waals surface area contributed by atoms with Crippen molar-refractivity contribution < 1.29 is 4.39 Å².